The molecular formula is C15H18ClN3. The first kappa shape index (κ1) is 13.8. The van der Waals surface area contributed by atoms with Crippen molar-refractivity contribution in [2.45, 2.75) is 13.3 Å². The van der Waals surface area contributed by atoms with Crippen LogP contribution in [-0.4, -0.2) is 18.1 Å². The number of aromatic nitrogens is 1. The fraction of sp³-hybridized carbons (Fsp3) is 0.267. The van der Waals surface area contributed by atoms with Gasteiger partial charge in [-0.15, -0.1) is 0 Å². The summed E-state index contributed by atoms with van der Waals surface area (Å²) in [5.74, 6) is 0.892. The van der Waals surface area contributed by atoms with Crippen LogP contribution < -0.4 is 10.6 Å². The first-order valence-electron chi connectivity index (χ1n) is 6.36. The Morgan fingerprint density at radius 3 is 2.74 bits per heavy atom. The molecule has 0 spiro atoms. The van der Waals surface area contributed by atoms with E-state index >= 15 is 0 Å². The summed E-state index contributed by atoms with van der Waals surface area (Å²) in [6.07, 6.45) is 2.58. The maximum atomic E-state index is 5.89. The lowest BCUT2D eigenvalue weighted by molar-refractivity contribution is 0.810. The third-order valence-electron chi connectivity index (χ3n) is 2.89. The van der Waals surface area contributed by atoms with Crippen molar-refractivity contribution in [1.82, 2.24) is 4.98 Å². The molecule has 0 amide bonds. The van der Waals surface area contributed by atoms with Gasteiger partial charge in [0.2, 0.25) is 0 Å². The first-order valence-corrected chi connectivity index (χ1v) is 6.74. The molecule has 4 heteroatoms. The van der Waals surface area contributed by atoms with Crippen LogP contribution in [0.25, 0.3) is 0 Å². The molecule has 0 aliphatic heterocycles. The molecule has 1 aromatic heterocycles. The van der Waals surface area contributed by atoms with E-state index < -0.39 is 0 Å². The molecule has 1 aromatic carbocycles. The monoisotopic (exact) mass is 275 g/mol. The maximum Gasteiger partial charge on any atom is 0.133 e. The number of nitrogens with two attached hydrogens (primary N) is 1. The number of hydrogen-bond acceptors (Lipinski definition) is 3. The molecule has 3 nitrogen and oxygen atoms in total. The van der Waals surface area contributed by atoms with E-state index in [0.29, 0.717) is 11.6 Å². The van der Waals surface area contributed by atoms with Crippen LogP contribution in [0.1, 0.15) is 12.0 Å². The van der Waals surface area contributed by atoms with Crippen LogP contribution in [-0.2, 0) is 0 Å². The van der Waals surface area contributed by atoms with Crippen molar-refractivity contribution in [3.8, 4) is 0 Å². The van der Waals surface area contributed by atoms with Crippen LogP contribution in [0, 0.1) is 6.92 Å². The second kappa shape index (κ2) is 6.55. The lowest BCUT2D eigenvalue weighted by Gasteiger charge is -2.24. The predicted octanol–water partition coefficient (Wildman–Crippen LogP) is 3.53. The van der Waals surface area contributed by atoms with Gasteiger partial charge in [-0.2, -0.15) is 0 Å². The molecule has 0 saturated carbocycles. The number of rotatable bonds is 5. The molecule has 2 N–H and O–H groups in total. The van der Waals surface area contributed by atoms with Crippen molar-refractivity contribution in [2.75, 3.05) is 18.0 Å². The highest BCUT2D eigenvalue weighted by atomic mass is 35.5. The van der Waals surface area contributed by atoms with Gasteiger partial charge in [0.1, 0.15) is 5.82 Å². The van der Waals surface area contributed by atoms with Crippen molar-refractivity contribution in [1.29, 1.82) is 0 Å². The average Bonchev–Trinajstić information content (AvgIpc) is 2.41. The standard InChI is InChI=1S/C15H18ClN3/c1-12-4-2-5-14(10-12)19(9-3-8-17)15-7-6-13(16)11-18-15/h2,4-7,10-11H,3,8-9,17H2,1H3. The maximum absolute atomic E-state index is 5.89. The van der Waals surface area contributed by atoms with Crippen LogP contribution in [0.2, 0.25) is 5.02 Å². The summed E-state index contributed by atoms with van der Waals surface area (Å²) < 4.78 is 0. The fourth-order valence-electron chi connectivity index (χ4n) is 1.95. The molecule has 0 unspecified atom stereocenters. The molecule has 2 rings (SSSR count). The second-order valence-corrected chi connectivity index (χ2v) is 4.90. The number of nitrogens with zero attached hydrogens (tertiary/aromatic N) is 2. The molecular weight excluding hydrogens is 258 g/mol. The smallest absolute Gasteiger partial charge is 0.133 e. The second-order valence-electron chi connectivity index (χ2n) is 4.47. The summed E-state index contributed by atoms with van der Waals surface area (Å²) in [5, 5.41) is 0.645. The average molecular weight is 276 g/mol. The van der Waals surface area contributed by atoms with E-state index in [4.69, 9.17) is 17.3 Å². The van der Waals surface area contributed by atoms with E-state index in [1.807, 2.05) is 12.1 Å². The minimum Gasteiger partial charge on any atom is -0.330 e. The van der Waals surface area contributed by atoms with Crippen LogP contribution in [0.4, 0.5) is 11.5 Å². The Balaban J connectivity index is 2.32. The molecule has 0 saturated heterocycles. The molecule has 1 heterocycles. The number of aryl methyl sites for hydroxylation is 1. The van der Waals surface area contributed by atoms with Crippen molar-refractivity contribution in [2.24, 2.45) is 5.73 Å². The summed E-state index contributed by atoms with van der Waals surface area (Å²) in [6.45, 7) is 3.59. The van der Waals surface area contributed by atoms with Gasteiger partial charge in [-0.1, -0.05) is 23.7 Å². The highest BCUT2D eigenvalue weighted by molar-refractivity contribution is 6.30. The third-order valence-corrected chi connectivity index (χ3v) is 3.11. The van der Waals surface area contributed by atoms with Crippen LogP contribution in [0.5, 0.6) is 0 Å². The molecule has 0 fully saturated rings. The molecule has 0 bridgehead atoms. The zero-order valence-corrected chi connectivity index (χ0v) is 11.8. The number of pyridine rings is 1. The van der Waals surface area contributed by atoms with E-state index in [0.717, 1.165) is 24.5 Å². The number of benzene rings is 1. The van der Waals surface area contributed by atoms with Gasteiger partial charge < -0.3 is 10.6 Å². The van der Waals surface area contributed by atoms with Gasteiger partial charge in [-0.25, -0.2) is 4.98 Å². The van der Waals surface area contributed by atoms with Crippen molar-refractivity contribution in [3.05, 3.63) is 53.2 Å². The van der Waals surface area contributed by atoms with Gasteiger partial charge >= 0.3 is 0 Å². The highest BCUT2D eigenvalue weighted by Gasteiger charge is 2.10. The topological polar surface area (TPSA) is 42.1 Å². The van der Waals surface area contributed by atoms with Crippen LogP contribution in [0.15, 0.2) is 42.6 Å². The molecule has 2 aromatic rings. The lowest BCUT2D eigenvalue weighted by atomic mass is 10.2. The van der Waals surface area contributed by atoms with E-state index in [1.165, 1.54) is 5.56 Å². The molecule has 0 atom stereocenters. The number of anilines is 2. The Labute approximate surface area is 119 Å². The van der Waals surface area contributed by atoms with Crippen molar-refractivity contribution < 1.29 is 0 Å². The Bertz CT molecular complexity index is 525. The number of halogens is 1. The lowest BCUT2D eigenvalue weighted by Crippen LogP contribution is -2.21. The Hall–Kier alpha value is -1.58. The Kier molecular flexibility index (Phi) is 4.77. The molecule has 0 aliphatic rings. The predicted molar refractivity (Wildman–Crippen MR) is 81.1 cm³/mol. The van der Waals surface area contributed by atoms with Crippen LogP contribution >= 0.6 is 11.6 Å². The SMILES string of the molecule is Cc1cccc(N(CCCN)c2ccc(Cl)cn2)c1. The highest BCUT2D eigenvalue weighted by Crippen LogP contribution is 2.25. The third kappa shape index (κ3) is 3.69. The van der Waals surface area contributed by atoms with Crippen molar-refractivity contribution >= 4 is 23.1 Å². The minimum atomic E-state index is 0.645. The quantitative estimate of drug-likeness (QED) is 0.908. The van der Waals surface area contributed by atoms with Crippen LogP contribution in [0.3, 0.4) is 0 Å². The molecule has 100 valence electrons. The van der Waals surface area contributed by atoms with Gasteiger partial charge in [0, 0.05) is 18.4 Å². The number of hydrogen-bond donors (Lipinski definition) is 1. The van der Waals surface area contributed by atoms with Gasteiger partial charge in [-0.05, 0) is 49.7 Å². The van der Waals surface area contributed by atoms with E-state index in [-0.39, 0.29) is 0 Å². The van der Waals surface area contributed by atoms with Gasteiger partial charge in [0.15, 0.2) is 0 Å². The van der Waals surface area contributed by atoms with Crippen molar-refractivity contribution in [3.63, 3.8) is 0 Å². The summed E-state index contributed by atoms with van der Waals surface area (Å²) in [5.41, 5.74) is 7.97. The summed E-state index contributed by atoms with van der Waals surface area (Å²) >= 11 is 5.89. The molecule has 0 radical (unpaired) electrons. The zero-order valence-electron chi connectivity index (χ0n) is 11.0. The van der Waals surface area contributed by atoms with Gasteiger partial charge in [0.25, 0.3) is 0 Å². The largest absolute Gasteiger partial charge is 0.330 e. The van der Waals surface area contributed by atoms with E-state index in [2.05, 4.69) is 41.1 Å². The summed E-state index contributed by atoms with van der Waals surface area (Å²) in [6, 6.07) is 12.2. The molecule has 0 aliphatic carbocycles. The van der Waals surface area contributed by atoms with Gasteiger partial charge in [0.05, 0.1) is 5.02 Å². The molecule has 19 heavy (non-hydrogen) atoms. The van der Waals surface area contributed by atoms with Gasteiger partial charge in [-0.3, -0.25) is 0 Å². The summed E-state index contributed by atoms with van der Waals surface area (Å²) in [7, 11) is 0. The fourth-order valence-corrected chi connectivity index (χ4v) is 2.06. The summed E-state index contributed by atoms with van der Waals surface area (Å²) in [4.78, 5) is 6.55. The Morgan fingerprint density at radius 1 is 1.26 bits per heavy atom. The first-order chi connectivity index (χ1) is 9.20. The van der Waals surface area contributed by atoms with E-state index in [1.54, 1.807) is 6.20 Å². The Morgan fingerprint density at radius 2 is 2.11 bits per heavy atom. The van der Waals surface area contributed by atoms with E-state index in [9.17, 15) is 0 Å². The minimum absolute atomic E-state index is 0.645. The normalized spacial score (nSPS) is 10.5. The zero-order chi connectivity index (χ0) is 13.7.